The fourth-order valence-electron chi connectivity index (χ4n) is 3.85. The topological polar surface area (TPSA) is 90.9 Å². The zero-order valence-electron chi connectivity index (χ0n) is 17.6. The molecule has 0 aliphatic carbocycles. The van der Waals surface area contributed by atoms with Crippen LogP contribution in [-0.4, -0.2) is 72.7 Å². The van der Waals surface area contributed by atoms with Gasteiger partial charge in [-0.3, -0.25) is 4.79 Å². The van der Waals surface area contributed by atoms with Crippen LogP contribution in [0.3, 0.4) is 0 Å². The number of carbonyl (C=O) groups is 2. The molecule has 2 aliphatic rings. The van der Waals surface area contributed by atoms with E-state index in [1.165, 1.54) is 12.8 Å². The van der Waals surface area contributed by atoms with E-state index in [4.69, 9.17) is 4.74 Å². The Labute approximate surface area is 182 Å². The van der Waals surface area contributed by atoms with Crippen molar-refractivity contribution >= 4 is 23.6 Å². The molecule has 0 spiro atoms. The summed E-state index contributed by atoms with van der Waals surface area (Å²) >= 11 is 0. The SMILES string of the molecule is O=C(NCC(=O)N1CCN(c2cc(N3CCCC3)ncn2)CC1)OCc1ccccc1. The molecular weight excluding hydrogens is 396 g/mol. The summed E-state index contributed by atoms with van der Waals surface area (Å²) in [5.74, 6) is 1.75. The predicted octanol–water partition coefficient (Wildman–Crippen LogP) is 1.65. The van der Waals surface area contributed by atoms with Crippen molar-refractivity contribution in [2.75, 3.05) is 55.6 Å². The van der Waals surface area contributed by atoms with Gasteiger partial charge in [-0.25, -0.2) is 14.8 Å². The minimum Gasteiger partial charge on any atom is -0.445 e. The van der Waals surface area contributed by atoms with E-state index in [-0.39, 0.29) is 19.1 Å². The van der Waals surface area contributed by atoms with Crippen LogP contribution >= 0.6 is 0 Å². The van der Waals surface area contributed by atoms with Gasteiger partial charge in [0.25, 0.3) is 0 Å². The smallest absolute Gasteiger partial charge is 0.407 e. The summed E-state index contributed by atoms with van der Waals surface area (Å²) in [4.78, 5) is 39.3. The van der Waals surface area contributed by atoms with Crippen molar-refractivity contribution in [3.05, 3.63) is 48.3 Å². The molecule has 31 heavy (non-hydrogen) atoms. The highest BCUT2D eigenvalue weighted by molar-refractivity contribution is 5.82. The van der Waals surface area contributed by atoms with Crippen LogP contribution in [0, 0.1) is 0 Å². The number of carbonyl (C=O) groups excluding carboxylic acids is 2. The van der Waals surface area contributed by atoms with E-state index >= 15 is 0 Å². The van der Waals surface area contributed by atoms with Gasteiger partial charge < -0.3 is 24.8 Å². The van der Waals surface area contributed by atoms with E-state index in [1.807, 2.05) is 36.4 Å². The molecule has 0 radical (unpaired) electrons. The standard InChI is InChI=1S/C22H28N6O3/c29-21(15-23-22(30)31-16-18-6-2-1-3-7-18)28-12-10-27(11-13-28)20-14-19(24-17-25-20)26-8-4-5-9-26/h1-3,6-7,14,17H,4-5,8-13,15-16H2,(H,23,30). The average molecular weight is 425 g/mol. The Morgan fingerprint density at radius 2 is 1.55 bits per heavy atom. The number of rotatable bonds is 6. The predicted molar refractivity (Wildman–Crippen MR) is 117 cm³/mol. The molecule has 0 atom stereocenters. The number of anilines is 2. The van der Waals surface area contributed by atoms with Gasteiger partial charge in [0.05, 0.1) is 0 Å². The van der Waals surface area contributed by atoms with Crippen molar-refractivity contribution in [1.82, 2.24) is 20.2 Å². The normalized spacial score (nSPS) is 16.3. The molecular formula is C22H28N6O3. The van der Waals surface area contributed by atoms with Crippen molar-refractivity contribution in [3.8, 4) is 0 Å². The Hall–Kier alpha value is -3.36. The Kier molecular flexibility index (Phi) is 6.81. The minimum absolute atomic E-state index is 0.0692. The lowest BCUT2D eigenvalue weighted by Gasteiger charge is -2.35. The zero-order valence-corrected chi connectivity index (χ0v) is 17.6. The Morgan fingerprint density at radius 1 is 0.903 bits per heavy atom. The van der Waals surface area contributed by atoms with Gasteiger partial charge in [0.1, 0.15) is 31.1 Å². The van der Waals surface area contributed by atoms with Crippen molar-refractivity contribution in [3.63, 3.8) is 0 Å². The minimum atomic E-state index is -0.591. The number of piperazine rings is 1. The van der Waals surface area contributed by atoms with Crippen LogP contribution in [-0.2, 0) is 16.1 Å². The van der Waals surface area contributed by atoms with E-state index in [9.17, 15) is 9.59 Å². The largest absolute Gasteiger partial charge is 0.445 e. The van der Waals surface area contributed by atoms with E-state index < -0.39 is 6.09 Å². The Morgan fingerprint density at radius 3 is 2.23 bits per heavy atom. The second kappa shape index (κ2) is 10.1. The number of nitrogens with one attached hydrogen (secondary N) is 1. The van der Waals surface area contributed by atoms with E-state index in [0.29, 0.717) is 26.2 Å². The maximum absolute atomic E-state index is 12.5. The third-order valence-corrected chi connectivity index (χ3v) is 5.62. The second-order valence-corrected chi connectivity index (χ2v) is 7.71. The lowest BCUT2D eigenvalue weighted by Crippen LogP contribution is -2.51. The molecule has 164 valence electrons. The fraction of sp³-hybridized carbons (Fsp3) is 0.455. The van der Waals surface area contributed by atoms with Crippen LogP contribution < -0.4 is 15.1 Å². The number of benzene rings is 1. The summed E-state index contributed by atoms with van der Waals surface area (Å²) in [6.45, 7) is 4.75. The molecule has 4 rings (SSSR count). The van der Waals surface area contributed by atoms with E-state index in [2.05, 4.69) is 25.1 Å². The molecule has 1 aromatic heterocycles. The molecule has 9 nitrogen and oxygen atoms in total. The van der Waals surface area contributed by atoms with Crippen molar-refractivity contribution in [2.45, 2.75) is 19.4 Å². The maximum atomic E-state index is 12.5. The molecule has 0 unspecified atom stereocenters. The lowest BCUT2D eigenvalue weighted by atomic mass is 10.2. The van der Waals surface area contributed by atoms with Gasteiger partial charge in [0.2, 0.25) is 5.91 Å². The molecule has 2 amide bonds. The van der Waals surface area contributed by atoms with Gasteiger partial charge in [-0.1, -0.05) is 30.3 Å². The van der Waals surface area contributed by atoms with Crippen LogP contribution in [0.1, 0.15) is 18.4 Å². The van der Waals surface area contributed by atoms with Gasteiger partial charge >= 0.3 is 6.09 Å². The molecule has 0 bridgehead atoms. The van der Waals surface area contributed by atoms with Crippen LogP contribution in [0.2, 0.25) is 0 Å². The van der Waals surface area contributed by atoms with E-state index in [1.54, 1.807) is 11.2 Å². The highest BCUT2D eigenvalue weighted by Crippen LogP contribution is 2.22. The molecule has 1 N–H and O–H groups in total. The summed E-state index contributed by atoms with van der Waals surface area (Å²) in [6, 6.07) is 11.5. The number of alkyl carbamates (subject to hydrolysis) is 1. The van der Waals surface area contributed by atoms with E-state index in [0.717, 1.165) is 30.3 Å². The maximum Gasteiger partial charge on any atom is 0.407 e. The Bertz CT molecular complexity index is 880. The lowest BCUT2D eigenvalue weighted by molar-refractivity contribution is -0.130. The molecule has 1 aromatic carbocycles. The summed E-state index contributed by atoms with van der Waals surface area (Å²) in [6.07, 6.45) is 3.43. The number of aromatic nitrogens is 2. The van der Waals surface area contributed by atoms with Gasteiger partial charge in [0.15, 0.2) is 0 Å². The quantitative estimate of drug-likeness (QED) is 0.754. The van der Waals surface area contributed by atoms with Crippen LogP contribution in [0.5, 0.6) is 0 Å². The number of hydrogen-bond donors (Lipinski definition) is 1. The first-order valence-electron chi connectivity index (χ1n) is 10.7. The molecule has 0 saturated carbocycles. The third kappa shape index (κ3) is 5.62. The summed E-state index contributed by atoms with van der Waals surface area (Å²) < 4.78 is 5.15. The van der Waals surface area contributed by atoms with Crippen molar-refractivity contribution in [1.29, 1.82) is 0 Å². The first kappa shape index (κ1) is 20.9. The van der Waals surface area contributed by atoms with Crippen LogP contribution in [0.25, 0.3) is 0 Å². The van der Waals surface area contributed by atoms with Gasteiger partial charge in [-0.05, 0) is 18.4 Å². The first-order valence-corrected chi connectivity index (χ1v) is 10.7. The van der Waals surface area contributed by atoms with Crippen LogP contribution in [0.15, 0.2) is 42.7 Å². The monoisotopic (exact) mass is 424 g/mol. The van der Waals surface area contributed by atoms with Crippen molar-refractivity contribution in [2.24, 2.45) is 0 Å². The molecule has 3 heterocycles. The molecule has 9 heteroatoms. The first-order chi connectivity index (χ1) is 15.2. The molecule has 2 aliphatic heterocycles. The zero-order chi connectivity index (χ0) is 21.5. The van der Waals surface area contributed by atoms with Gasteiger partial charge in [-0.15, -0.1) is 0 Å². The molecule has 2 saturated heterocycles. The van der Waals surface area contributed by atoms with Gasteiger partial charge in [0, 0.05) is 45.3 Å². The highest BCUT2D eigenvalue weighted by atomic mass is 16.5. The Balaban J connectivity index is 1.20. The third-order valence-electron chi connectivity index (χ3n) is 5.62. The highest BCUT2D eigenvalue weighted by Gasteiger charge is 2.23. The molecule has 2 aromatic rings. The van der Waals surface area contributed by atoms with Crippen molar-refractivity contribution < 1.29 is 14.3 Å². The second-order valence-electron chi connectivity index (χ2n) is 7.71. The fourth-order valence-corrected chi connectivity index (χ4v) is 3.85. The van der Waals surface area contributed by atoms with Gasteiger partial charge in [-0.2, -0.15) is 0 Å². The summed E-state index contributed by atoms with van der Waals surface area (Å²) in [5.41, 5.74) is 0.901. The number of nitrogens with zero attached hydrogens (tertiary/aromatic N) is 5. The summed E-state index contributed by atoms with van der Waals surface area (Å²) in [7, 11) is 0. The number of hydrogen-bond acceptors (Lipinski definition) is 7. The number of ether oxygens (including phenoxy) is 1. The average Bonchev–Trinajstić information content (AvgIpc) is 3.37. The van der Waals surface area contributed by atoms with Crippen LogP contribution in [0.4, 0.5) is 16.4 Å². The molecule has 2 fully saturated rings. The number of amides is 2. The summed E-state index contributed by atoms with van der Waals surface area (Å²) in [5, 5.41) is 2.54.